The molecule has 0 aliphatic carbocycles. The van der Waals surface area contributed by atoms with E-state index in [0.29, 0.717) is 10.4 Å². The molecule has 0 bridgehead atoms. The van der Waals surface area contributed by atoms with E-state index in [1.54, 1.807) is 24.3 Å². The average Bonchev–Trinajstić information content (AvgIpc) is 3.14. The molecule has 4 rings (SSSR count). The van der Waals surface area contributed by atoms with E-state index in [1.165, 1.54) is 0 Å². The summed E-state index contributed by atoms with van der Waals surface area (Å²) in [6.07, 6.45) is -3.44. The molecule has 1 aromatic heterocycles. The summed E-state index contributed by atoms with van der Waals surface area (Å²) < 4.78 is 40.3. The number of rotatable bonds is 4. The third-order valence-electron chi connectivity index (χ3n) is 5.52. The highest BCUT2D eigenvalue weighted by Gasteiger charge is 2.39. The number of phenols is 1. The molecular weight excluding hydrogens is 411 g/mol. The van der Waals surface area contributed by atoms with Gasteiger partial charge in [0.05, 0.1) is 5.69 Å². The van der Waals surface area contributed by atoms with Crippen molar-refractivity contribution >= 4 is 11.4 Å². The number of nitrogens with zero attached hydrogens (tertiary/aromatic N) is 5. The quantitative estimate of drug-likeness (QED) is 0.685. The third-order valence-corrected chi connectivity index (χ3v) is 5.52. The molecule has 1 unspecified atom stereocenters. The van der Waals surface area contributed by atoms with Gasteiger partial charge in [-0.2, -0.15) is 18.3 Å². The zero-order chi connectivity index (χ0) is 22.2. The summed E-state index contributed by atoms with van der Waals surface area (Å²) in [4.78, 5) is 16.8. The first-order valence-corrected chi connectivity index (χ1v) is 9.86. The van der Waals surface area contributed by atoms with Gasteiger partial charge in [0, 0.05) is 37.6 Å². The minimum atomic E-state index is -4.55. The maximum atomic E-state index is 12.9. The van der Waals surface area contributed by atoms with E-state index in [-0.39, 0.29) is 5.75 Å². The Morgan fingerprint density at radius 3 is 1.81 bits per heavy atom. The SMILES string of the molecule is CC(n1ncn(-c2ccc(N3CCN(c4ccc(O)cc4)CC3)cc2)c1=O)C(F)(F)F. The van der Waals surface area contributed by atoms with Crippen molar-refractivity contribution in [3.05, 3.63) is 65.3 Å². The lowest BCUT2D eigenvalue weighted by molar-refractivity contribution is -0.166. The van der Waals surface area contributed by atoms with Crippen molar-refractivity contribution in [2.24, 2.45) is 0 Å². The second-order valence-electron chi connectivity index (χ2n) is 7.45. The highest BCUT2D eigenvalue weighted by molar-refractivity contribution is 5.54. The zero-order valence-corrected chi connectivity index (χ0v) is 16.8. The Kier molecular flexibility index (Phi) is 5.38. The topological polar surface area (TPSA) is 66.5 Å². The number of alkyl halides is 3. The predicted molar refractivity (Wildman–Crippen MR) is 111 cm³/mol. The first kappa shape index (κ1) is 20.8. The number of aromatic nitrogens is 3. The van der Waals surface area contributed by atoms with Crippen LogP contribution in [0.15, 0.2) is 59.7 Å². The Labute approximate surface area is 176 Å². The molecule has 0 spiro atoms. The molecule has 31 heavy (non-hydrogen) atoms. The van der Waals surface area contributed by atoms with E-state index >= 15 is 0 Å². The van der Waals surface area contributed by atoms with Crippen LogP contribution >= 0.6 is 0 Å². The number of aromatic hydroxyl groups is 1. The summed E-state index contributed by atoms with van der Waals surface area (Å²) in [5.74, 6) is 0.236. The van der Waals surface area contributed by atoms with Crippen LogP contribution in [0.1, 0.15) is 13.0 Å². The molecule has 2 heterocycles. The molecule has 7 nitrogen and oxygen atoms in total. The third kappa shape index (κ3) is 4.23. The standard InChI is InChI=1S/C21H22F3N5O2/c1-15(21(22,23)24)29-20(31)28(14-25-29)18-4-2-16(3-5-18)26-10-12-27(13-11-26)17-6-8-19(30)9-7-17/h2-9,14-15,30H,10-13H2,1H3. The number of benzene rings is 2. The number of hydrogen-bond donors (Lipinski definition) is 1. The van der Waals surface area contributed by atoms with E-state index in [9.17, 15) is 23.1 Å². The van der Waals surface area contributed by atoms with Crippen LogP contribution in [-0.4, -0.2) is 51.8 Å². The molecular formula is C21H22F3N5O2. The summed E-state index contributed by atoms with van der Waals surface area (Å²) in [6.45, 7) is 4.12. The maximum Gasteiger partial charge on any atom is 0.410 e. The summed E-state index contributed by atoms with van der Waals surface area (Å²) in [5.41, 5.74) is 1.65. The Bertz CT molecular complexity index is 1080. The van der Waals surface area contributed by atoms with Crippen LogP contribution in [0.4, 0.5) is 24.5 Å². The minimum Gasteiger partial charge on any atom is -0.508 e. The Morgan fingerprint density at radius 1 is 0.871 bits per heavy atom. The monoisotopic (exact) mass is 433 g/mol. The largest absolute Gasteiger partial charge is 0.508 e. The van der Waals surface area contributed by atoms with Crippen LogP contribution in [0.5, 0.6) is 5.75 Å². The Morgan fingerprint density at radius 2 is 1.32 bits per heavy atom. The van der Waals surface area contributed by atoms with Gasteiger partial charge in [-0.25, -0.2) is 14.0 Å². The van der Waals surface area contributed by atoms with Gasteiger partial charge in [-0.15, -0.1) is 0 Å². The molecule has 164 valence electrons. The number of phenolic OH excluding ortho intramolecular Hbond substituents is 1. The van der Waals surface area contributed by atoms with Crippen molar-refractivity contribution < 1.29 is 18.3 Å². The van der Waals surface area contributed by atoms with Crippen LogP contribution in [0, 0.1) is 0 Å². The molecule has 0 radical (unpaired) electrons. The molecule has 1 fully saturated rings. The summed E-state index contributed by atoms with van der Waals surface area (Å²) >= 11 is 0. The number of hydrogen-bond acceptors (Lipinski definition) is 5. The molecule has 3 aromatic rings. The van der Waals surface area contributed by atoms with Gasteiger partial charge in [0.25, 0.3) is 0 Å². The van der Waals surface area contributed by atoms with Gasteiger partial charge in [-0.3, -0.25) is 0 Å². The fraction of sp³-hybridized carbons (Fsp3) is 0.333. The average molecular weight is 433 g/mol. The molecule has 1 aliphatic rings. The second kappa shape index (κ2) is 8.01. The Balaban J connectivity index is 1.44. The van der Waals surface area contributed by atoms with Crippen LogP contribution in [-0.2, 0) is 0 Å². The molecule has 1 N–H and O–H groups in total. The van der Waals surface area contributed by atoms with E-state index < -0.39 is 17.9 Å². The fourth-order valence-electron chi connectivity index (χ4n) is 3.61. The Hall–Kier alpha value is -3.43. The van der Waals surface area contributed by atoms with Gasteiger partial charge in [-0.05, 0) is 55.5 Å². The molecule has 0 amide bonds. The maximum absolute atomic E-state index is 12.9. The van der Waals surface area contributed by atoms with Crippen molar-refractivity contribution in [2.45, 2.75) is 19.1 Å². The van der Waals surface area contributed by atoms with Crippen molar-refractivity contribution in [1.29, 1.82) is 0 Å². The van der Waals surface area contributed by atoms with Gasteiger partial charge in [0.2, 0.25) is 0 Å². The lowest BCUT2D eigenvalue weighted by atomic mass is 10.2. The highest BCUT2D eigenvalue weighted by Crippen LogP contribution is 2.28. The van der Waals surface area contributed by atoms with Gasteiger partial charge in [-0.1, -0.05) is 0 Å². The van der Waals surface area contributed by atoms with Crippen molar-refractivity contribution in [3.63, 3.8) is 0 Å². The molecule has 0 saturated carbocycles. The first-order valence-electron chi connectivity index (χ1n) is 9.86. The normalized spacial score (nSPS) is 15.9. The smallest absolute Gasteiger partial charge is 0.410 e. The van der Waals surface area contributed by atoms with Gasteiger partial charge < -0.3 is 14.9 Å². The number of halogens is 3. The van der Waals surface area contributed by atoms with Crippen LogP contribution in [0.3, 0.4) is 0 Å². The summed E-state index contributed by atoms with van der Waals surface area (Å²) in [5, 5.41) is 13.1. The zero-order valence-electron chi connectivity index (χ0n) is 16.8. The van der Waals surface area contributed by atoms with E-state index in [1.807, 2.05) is 24.3 Å². The summed E-state index contributed by atoms with van der Waals surface area (Å²) in [7, 11) is 0. The van der Waals surface area contributed by atoms with Crippen molar-refractivity contribution in [2.75, 3.05) is 36.0 Å². The predicted octanol–water partition coefficient (Wildman–Crippen LogP) is 3.19. The van der Waals surface area contributed by atoms with E-state index in [4.69, 9.17) is 0 Å². The van der Waals surface area contributed by atoms with E-state index in [2.05, 4.69) is 14.9 Å². The van der Waals surface area contributed by atoms with Crippen LogP contribution in [0.2, 0.25) is 0 Å². The molecule has 1 saturated heterocycles. The van der Waals surface area contributed by atoms with Crippen LogP contribution in [0.25, 0.3) is 5.69 Å². The fourth-order valence-corrected chi connectivity index (χ4v) is 3.61. The minimum absolute atomic E-state index is 0.236. The highest BCUT2D eigenvalue weighted by atomic mass is 19.4. The number of anilines is 2. The molecule has 2 aromatic carbocycles. The summed E-state index contributed by atoms with van der Waals surface area (Å²) in [6, 6.07) is 12.2. The van der Waals surface area contributed by atoms with Crippen LogP contribution < -0.4 is 15.5 Å². The van der Waals surface area contributed by atoms with E-state index in [0.717, 1.165) is 55.4 Å². The molecule has 10 heteroatoms. The van der Waals surface area contributed by atoms with Crippen molar-refractivity contribution in [3.8, 4) is 11.4 Å². The lowest BCUT2D eigenvalue weighted by Gasteiger charge is -2.37. The van der Waals surface area contributed by atoms with Gasteiger partial charge in [0.15, 0.2) is 6.04 Å². The molecule has 1 aliphatic heterocycles. The molecule has 1 atom stereocenters. The first-order chi connectivity index (χ1) is 14.7. The van der Waals surface area contributed by atoms with Crippen molar-refractivity contribution in [1.82, 2.24) is 14.3 Å². The lowest BCUT2D eigenvalue weighted by Crippen LogP contribution is -2.46. The van der Waals surface area contributed by atoms with Gasteiger partial charge in [0.1, 0.15) is 12.1 Å². The second-order valence-corrected chi connectivity index (χ2v) is 7.45. The van der Waals surface area contributed by atoms with Gasteiger partial charge >= 0.3 is 11.9 Å². The number of piperazine rings is 1.